The molecule has 0 aliphatic carbocycles. The van der Waals surface area contributed by atoms with Gasteiger partial charge in [-0.25, -0.2) is 0 Å². The van der Waals surface area contributed by atoms with Crippen LogP contribution in [0.2, 0.25) is 0 Å². The van der Waals surface area contributed by atoms with Crippen molar-refractivity contribution in [2.75, 3.05) is 11.4 Å². The molecule has 1 aromatic carbocycles. The van der Waals surface area contributed by atoms with Gasteiger partial charge in [-0.1, -0.05) is 41.8 Å². The number of anilines is 1. The summed E-state index contributed by atoms with van der Waals surface area (Å²) in [6.45, 7) is 7.18. The molecule has 0 amide bonds. The van der Waals surface area contributed by atoms with E-state index in [0.29, 0.717) is 5.33 Å². The van der Waals surface area contributed by atoms with Gasteiger partial charge in [0.25, 0.3) is 5.69 Å². The highest BCUT2D eigenvalue weighted by molar-refractivity contribution is 9.08. The Labute approximate surface area is 129 Å². The monoisotopic (exact) mass is 342 g/mol. The van der Waals surface area contributed by atoms with Crippen LogP contribution in [-0.2, 0) is 5.33 Å². The van der Waals surface area contributed by atoms with E-state index >= 15 is 0 Å². The lowest BCUT2D eigenvalue weighted by atomic mass is 10.1. The molecule has 0 aliphatic heterocycles. The minimum absolute atomic E-state index is 0.201. The lowest BCUT2D eigenvalue weighted by Crippen LogP contribution is -2.32. The maximum Gasteiger partial charge on any atom is 0.292 e. The van der Waals surface area contributed by atoms with Crippen LogP contribution in [0, 0.1) is 10.1 Å². The number of rotatable bonds is 8. The van der Waals surface area contributed by atoms with E-state index in [1.165, 1.54) is 0 Å². The summed E-state index contributed by atoms with van der Waals surface area (Å²) in [5.74, 6) is 0. The number of halogens is 1. The highest BCUT2D eigenvalue weighted by atomic mass is 79.9. The number of hydrogen-bond acceptors (Lipinski definition) is 3. The van der Waals surface area contributed by atoms with E-state index in [-0.39, 0.29) is 16.7 Å². The minimum Gasteiger partial charge on any atom is -0.364 e. The molecule has 0 saturated carbocycles. The number of hydrogen-bond donors (Lipinski definition) is 0. The maximum absolute atomic E-state index is 11.3. The van der Waals surface area contributed by atoms with Gasteiger partial charge in [0, 0.05) is 24.0 Å². The smallest absolute Gasteiger partial charge is 0.292 e. The Morgan fingerprint density at radius 3 is 2.55 bits per heavy atom. The molecule has 5 heteroatoms. The third kappa shape index (κ3) is 4.47. The number of unbranched alkanes of at least 4 members (excludes halogenated alkanes) is 2. The average molecular weight is 343 g/mol. The molecule has 1 rings (SSSR count). The second-order valence-electron chi connectivity index (χ2n) is 5.21. The summed E-state index contributed by atoms with van der Waals surface area (Å²) >= 11 is 3.35. The Morgan fingerprint density at radius 2 is 2.05 bits per heavy atom. The molecular formula is C15H23BrN2O2. The summed E-state index contributed by atoms with van der Waals surface area (Å²) in [5.41, 5.74) is 1.86. The highest BCUT2D eigenvalue weighted by Crippen LogP contribution is 2.31. The van der Waals surface area contributed by atoms with Crippen molar-refractivity contribution < 1.29 is 4.92 Å². The maximum atomic E-state index is 11.3. The van der Waals surface area contributed by atoms with Gasteiger partial charge in [-0.3, -0.25) is 10.1 Å². The molecular weight excluding hydrogens is 320 g/mol. The zero-order valence-corrected chi connectivity index (χ0v) is 14.0. The minimum atomic E-state index is -0.281. The zero-order valence-electron chi connectivity index (χ0n) is 12.4. The van der Waals surface area contributed by atoms with E-state index in [9.17, 15) is 10.1 Å². The quantitative estimate of drug-likeness (QED) is 0.292. The standard InChI is InChI=1S/C15H23BrN2O2/c1-4-5-6-9-17(12(2)3)14-8-7-13(11-16)10-15(14)18(19)20/h7-8,10,12H,4-6,9,11H2,1-3H3. The molecule has 0 atom stereocenters. The van der Waals surface area contributed by atoms with Crippen LogP contribution in [0.1, 0.15) is 45.6 Å². The van der Waals surface area contributed by atoms with Crippen molar-refractivity contribution in [3.63, 3.8) is 0 Å². The van der Waals surface area contributed by atoms with Gasteiger partial charge in [-0.05, 0) is 31.9 Å². The molecule has 0 radical (unpaired) electrons. The molecule has 0 spiro atoms. The Kier molecular flexibility index (Phi) is 6.99. The van der Waals surface area contributed by atoms with Crippen molar-refractivity contribution in [1.82, 2.24) is 0 Å². The Hall–Kier alpha value is -1.10. The van der Waals surface area contributed by atoms with E-state index in [1.807, 2.05) is 12.1 Å². The van der Waals surface area contributed by atoms with Gasteiger partial charge in [0.1, 0.15) is 5.69 Å². The number of nitro groups is 1. The van der Waals surface area contributed by atoms with Crippen LogP contribution in [-0.4, -0.2) is 17.5 Å². The van der Waals surface area contributed by atoms with Crippen molar-refractivity contribution in [3.8, 4) is 0 Å². The zero-order chi connectivity index (χ0) is 15.1. The molecule has 0 aliphatic rings. The molecule has 0 aromatic heterocycles. The molecule has 0 bridgehead atoms. The van der Waals surface area contributed by atoms with Crippen LogP contribution in [0.3, 0.4) is 0 Å². The van der Waals surface area contributed by atoms with E-state index in [4.69, 9.17) is 0 Å². The Morgan fingerprint density at radius 1 is 1.35 bits per heavy atom. The normalized spacial score (nSPS) is 10.8. The molecule has 112 valence electrons. The summed E-state index contributed by atoms with van der Waals surface area (Å²) in [7, 11) is 0. The largest absolute Gasteiger partial charge is 0.364 e. The highest BCUT2D eigenvalue weighted by Gasteiger charge is 2.21. The fraction of sp³-hybridized carbons (Fsp3) is 0.600. The molecule has 0 saturated heterocycles. The fourth-order valence-corrected chi connectivity index (χ4v) is 2.58. The molecule has 0 heterocycles. The van der Waals surface area contributed by atoms with E-state index < -0.39 is 0 Å². The third-order valence-corrected chi connectivity index (χ3v) is 3.97. The first-order valence-electron chi connectivity index (χ1n) is 7.11. The van der Waals surface area contributed by atoms with Crippen LogP contribution < -0.4 is 4.90 Å². The number of benzene rings is 1. The van der Waals surface area contributed by atoms with Gasteiger partial charge >= 0.3 is 0 Å². The number of nitrogens with zero attached hydrogens (tertiary/aromatic N) is 2. The predicted octanol–water partition coefficient (Wildman–Crippen LogP) is 4.89. The van der Waals surface area contributed by atoms with Gasteiger partial charge in [-0.15, -0.1) is 0 Å². The summed E-state index contributed by atoms with van der Waals surface area (Å²) in [6.07, 6.45) is 3.36. The number of alkyl halides is 1. The molecule has 0 N–H and O–H groups in total. The van der Waals surface area contributed by atoms with Crippen LogP contribution in [0.4, 0.5) is 11.4 Å². The number of nitro benzene ring substituents is 1. The SMILES string of the molecule is CCCCCN(c1ccc(CBr)cc1[N+](=O)[O-])C(C)C. The summed E-state index contributed by atoms with van der Waals surface area (Å²) in [5, 5.41) is 11.9. The fourth-order valence-electron chi connectivity index (χ4n) is 2.23. The van der Waals surface area contributed by atoms with Crippen LogP contribution in [0.5, 0.6) is 0 Å². The van der Waals surface area contributed by atoms with E-state index in [2.05, 4.69) is 41.6 Å². The first-order chi connectivity index (χ1) is 9.51. The summed E-state index contributed by atoms with van der Waals surface area (Å²) in [4.78, 5) is 13.2. The third-order valence-electron chi connectivity index (χ3n) is 3.33. The molecule has 0 unspecified atom stereocenters. The van der Waals surface area contributed by atoms with Gasteiger partial charge in [0.05, 0.1) is 4.92 Å². The lowest BCUT2D eigenvalue weighted by molar-refractivity contribution is -0.384. The topological polar surface area (TPSA) is 46.4 Å². The van der Waals surface area contributed by atoms with Crippen LogP contribution in [0.25, 0.3) is 0 Å². The van der Waals surface area contributed by atoms with Crippen molar-refractivity contribution in [2.45, 2.75) is 51.4 Å². The predicted molar refractivity (Wildman–Crippen MR) is 87.7 cm³/mol. The second-order valence-corrected chi connectivity index (χ2v) is 5.77. The van der Waals surface area contributed by atoms with Gasteiger partial charge in [0.15, 0.2) is 0 Å². The summed E-state index contributed by atoms with van der Waals surface area (Å²) in [6, 6.07) is 5.74. The van der Waals surface area contributed by atoms with Crippen LogP contribution in [0.15, 0.2) is 18.2 Å². The van der Waals surface area contributed by atoms with Crippen molar-refractivity contribution in [1.29, 1.82) is 0 Å². The first-order valence-corrected chi connectivity index (χ1v) is 8.23. The first kappa shape index (κ1) is 17.0. The van der Waals surface area contributed by atoms with E-state index in [0.717, 1.165) is 37.1 Å². The molecule has 0 fully saturated rings. The average Bonchev–Trinajstić information content (AvgIpc) is 2.42. The van der Waals surface area contributed by atoms with Gasteiger partial charge in [0.2, 0.25) is 0 Å². The molecule has 20 heavy (non-hydrogen) atoms. The van der Waals surface area contributed by atoms with E-state index in [1.54, 1.807) is 6.07 Å². The second kappa shape index (κ2) is 8.25. The molecule has 1 aromatic rings. The summed E-state index contributed by atoms with van der Waals surface area (Å²) < 4.78 is 0. The lowest BCUT2D eigenvalue weighted by Gasteiger charge is -2.28. The van der Waals surface area contributed by atoms with Gasteiger partial charge in [-0.2, -0.15) is 0 Å². The molecule has 4 nitrogen and oxygen atoms in total. The van der Waals surface area contributed by atoms with Gasteiger partial charge < -0.3 is 4.90 Å². The Bertz CT molecular complexity index is 449. The van der Waals surface area contributed by atoms with Crippen molar-refractivity contribution in [3.05, 3.63) is 33.9 Å². The van der Waals surface area contributed by atoms with Crippen molar-refractivity contribution >= 4 is 27.3 Å². The van der Waals surface area contributed by atoms with Crippen molar-refractivity contribution in [2.24, 2.45) is 0 Å². The van der Waals surface area contributed by atoms with Crippen LogP contribution >= 0.6 is 15.9 Å². The Balaban J connectivity index is 3.08.